The van der Waals surface area contributed by atoms with E-state index >= 15 is 0 Å². The van der Waals surface area contributed by atoms with Gasteiger partial charge in [-0.15, -0.1) is 0 Å². The topological polar surface area (TPSA) is 42.1 Å². The number of nitrogens with two attached hydrogens (primary N) is 1. The third kappa shape index (κ3) is 1.19. The van der Waals surface area contributed by atoms with Crippen LogP contribution in [0.25, 0.3) is 0 Å². The molecule has 0 radical (unpaired) electrons. The van der Waals surface area contributed by atoms with Gasteiger partial charge in [-0.25, -0.2) is 4.98 Å². The third-order valence-corrected chi connectivity index (χ3v) is 4.11. The molecule has 0 amide bonds. The summed E-state index contributed by atoms with van der Waals surface area (Å²) in [4.78, 5) is 6.82. The largest absolute Gasteiger partial charge is 0.354 e. The molecule has 3 nitrogen and oxygen atoms in total. The summed E-state index contributed by atoms with van der Waals surface area (Å²) in [7, 11) is 2.17. The van der Waals surface area contributed by atoms with E-state index in [1.807, 2.05) is 6.20 Å². The lowest BCUT2D eigenvalue weighted by Crippen LogP contribution is -2.67. The van der Waals surface area contributed by atoms with Gasteiger partial charge in [0.1, 0.15) is 5.82 Å². The first-order valence-corrected chi connectivity index (χ1v) is 5.62. The third-order valence-electron chi connectivity index (χ3n) is 4.11. The standard InChI is InChI=1S/C12H17N3/c1-15(12-4-10(5-12)6-12)11-3-2-9(7-13)8-14-11/h2-3,8,10H,4-7,13H2,1H3. The fourth-order valence-electron chi connectivity index (χ4n) is 2.82. The van der Waals surface area contributed by atoms with Gasteiger partial charge < -0.3 is 10.6 Å². The number of hydrogen-bond donors (Lipinski definition) is 1. The molecule has 0 aliphatic heterocycles. The number of pyridine rings is 1. The van der Waals surface area contributed by atoms with E-state index < -0.39 is 0 Å². The highest BCUT2D eigenvalue weighted by Crippen LogP contribution is 2.60. The van der Waals surface area contributed by atoms with Crippen LogP contribution in [0.5, 0.6) is 0 Å². The molecule has 2 bridgehead atoms. The number of nitrogens with zero attached hydrogens (tertiary/aromatic N) is 2. The van der Waals surface area contributed by atoms with Gasteiger partial charge in [0.25, 0.3) is 0 Å². The second kappa shape index (κ2) is 2.95. The quantitative estimate of drug-likeness (QED) is 0.810. The summed E-state index contributed by atoms with van der Waals surface area (Å²) in [5.74, 6) is 2.10. The Morgan fingerprint density at radius 3 is 2.60 bits per heavy atom. The number of rotatable bonds is 3. The molecular formula is C12H17N3. The molecule has 80 valence electrons. The van der Waals surface area contributed by atoms with E-state index in [1.54, 1.807) is 0 Å². The highest BCUT2D eigenvalue weighted by molar-refractivity contribution is 5.45. The van der Waals surface area contributed by atoms with Crippen LogP contribution in [0.4, 0.5) is 5.82 Å². The second-order valence-electron chi connectivity index (χ2n) is 4.99. The number of aromatic nitrogens is 1. The molecule has 0 saturated heterocycles. The van der Waals surface area contributed by atoms with E-state index in [0.717, 1.165) is 17.3 Å². The molecule has 15 heavy (non-hydrogen) atoms. The molecule has 3 aliphatic rings. The van der Waals surface area contributed by atoms with Crippen molar-refractivity contribution in [3.63, 3.8) is 0 Å². The molecule has 0 atom stereocenters. The summed E-state index contributed by atoms with van der Waals surface area (Å²) in [5.41, 5.74) is 7.12. The summed E-state index contributed by atoms with van der Waals surface area (Å²) in [5, 5.41) is 0. The summed E-state index contributed by atoms with van der Waals surface area (Å²) < 4.78 is 0. The molecular weight excluding hydrogens is 186 g/mol. The molecule has 4 rings (SSSR count). The van der Waals surface area contributed by atoms with Gasteiger partial charge in [-0.05, 0) is 36.8 Å². The maximum absolute atomic E-state index is 5.55. The maximum Gasteiger partial charge on any atom is 0.128 e. The van der Waals surface area contributed by atoms with E-state index in [9.17, 15) is 0 Å². The maximum atomic E-state index is 5.55. The van der Waals surface area contributed by atoms with Crippen LogP contribution < -0.4 is 10.6 Å². The van der Waals surface area contributed by atoms with Gasteiger partial charge in [-0.2, -0.15) is 0 Å². The SMILES string of the molecule is CN(c1ccc(CN)cn1)C12CC(C1)C2. The molecule has 0 spiro atoms. The van der Waals surface area contributed by atoms with Crippen LogP contribution in [0.1, 0.15) is 24.8 Å². The predicted molar refractivity (Wildman–Crippen MR) is 60.6 cm³/mol. The van der Waals surface area contributed by atoms with Crippen molar-refractivity contribution < 1.29 is 0 Å². The minimum atomic E-state index is 0.460. The van der Waals surface area contributed by atoms with Crippen molar-refractivity contribution in [3.8, 4) is 0 Å². The first-order chi connectivity index (χ1) is 7.23. The van der Waals surface area contributed by atoms with Gasteiger partial charge in [0.05, 0.1) is 0 Å². The Balaban J connectivity index is 1.80. The minimum Gasteiger partial charge on any atom is -0.354 e. The summed E-state index contributed by atoms with van der Waals surface area (Å²) in [6, 6.07) is 4.16. The van der Waals surface area contributed by atoms with Crippen molar-refractivity contribution in [3.05, 3.63) is 23.9 Å². The van der Waals surface area contributed by atoms with E-state index in [-0.39, 0.29) is 0 Å². The van der Waals surface area contributed by atoms with Gasteiger partial charge >= 0.3 is 0 Å². The van der Waals surface area contributed by atoms with Crippen molar-refractivity contribution in [1.82, 2.24) is 4.98 Å². The lowest BCUT2D eigenvalue weighted by molar-refractivity contribution is -0.0214. The van der Waals surface area contributed by atoms with E-state index in [1.165, 1.54) is 19.3 Å². The lowest BCUT2D eigenvalue weighted by atomic mass is 9.49. The van der Waals surface area contributed by atoms with Crippen LogP contribution in [0.2, 0.25) is 0 Å². The molecule has 0 unspecified atom stereocenters. The minimum absolute atomic E-state index is 0.460. The normalized spacial score (nSPS) is 31.7. The number of anilines is 1. The van der Waals surface area contributed by atoms with Crippen LogP contribution >= 0.6 is 0 Å². The summed E-state index contributed by atoms with van der Waals surface area (Å²) in [6.07, 6.45) is 5.98. The zero-order valence-corrected chi connectivity index (χ0v) is 9.11. The van der Waals surface area contributed by atoms with Crippen LogP contribution in [0.3, 0.4) is 0 Å². The highest BCUT2D eigenvalue weighted by atomic mass is 15.3. The Labute approximate surface area is 90.3 Å². The molecule has 3 aliphatic carbocycles. The van der Waals surface area contributed by atoms with E-state index in [0.29, 0.717) is 12.1 Å². The Kier molecular flexibility index (Phi) is 1.80. The Morgan fingerprint density at radius 1 is 1.47 bits per heavy atom. The van der Waals surface area contributed by atoms with E-state index in [4.69, 9.17) is 5.73 Å². The van der Waals surface area contributed by atoms with Crippen molar-refractivity contribution in [2.24, 2.45) is 11.7 Å². The Morgan fingerprint density at radius 2 is 2.20 bits per heavy atom. The summed E-state index contributed by atoms with van der Waals surface area (Å²) >= 11 is 0. The van der Waals surface area contributed by atoms with Crippen LogP contribution in [-0.2, 0) is 6.54 Å². The smallest absolute Gasteiger partial charge is 0.128 e. The number of hydrogen-bond acceptors (Lipinski definition) is 3. The average molecular weight is 203 g/mol. The van der Waals surface area contributed by atoms with Crippen molar-refractivity contribution in [2.45, 2.75) is 31.3 Å². The molecule has 3 heteroatoms. The zero-order chi connectivity index (χ0) is 10.5. The average Bonchev–Trinajstić information content (AvgIpc) is 2.13. The fourth-order valence-corrected chi connectivity index (χ4v) is 2.82. The Hall–Kier alpha value is -1.09. The summed E-state index contributed by atoms with van der Waals surface area (Å²) in [6.45, 7) is 0.574. The van der Waals surface area contributed by atoms with Gasteiger partial charge in [0.2, 0.25) is 0 Å². The predicted octanol–water partition coefficient (Wildman–Crippen LogP) is 1.53. The molecule has 1 aromatic heterocycles. The van der Waals surface area contributed by atoms with E-state index in [2.05, 4.69) is 29.1 Å². The monoisotopic (exact) mass is 203 g/mol. The molecule has 2 N–H and O–H groups in total. The van der Waals surface area contributed by atoms with Gasteiger partial charge in [0, 0.05) is 25.3 Å². The molecule has 1 aromatic rings. The van der Waals surface area contributed by atoms with Gasteiger partial charge in [-0.1, -0.05) is 6.07 Å². The molecule has 0 aromatic carbocycles. The zero-order valence-electron chi connectivity index (χ0n) is 9.11. The van der Waals surface area contributed by atoms with Crippen LogP contribution in [0.15, 0.2) is 18.3 Å². The first kappa shape index (κ1) is 9.16. The molecule has 1 heterocycles. The van der Waals surface area contributed by atoms with Crippen LogP contribution in [0, 0.1) is 5.92 Å². The Bertz CT molecular complexity index is 354. The molecule has 3 fully saturated rings. The highest BCUT2D eigenvalue weighted by Gasteiger charge is 2.59. The lowest BCUT2D eigenvalue weighted by Gasteiger charge is -2.66. The van der Waals surface area contributed by atoms with Gasteiger partial charge in [-0.3, -0.25) is 0 Å². The second-order valence-corrected chi connectivity index (χ2v) is 4.99. The van der Waals surface area contributed by atoms with Crippen molar-refractivity contribution in [1.29, 1.82) is 0 Å². The van der Waals surface area contributed by atoms with Crippen LogP contribution in [-0.4, -0.2) is 17.6 Å². The molecule has 3 saturated carbocycles. The van der Waals surface area contributed by atoms with Gasteiger partial charge in [0.15, 0.2) is 0 Å². The van der Waals surface area contributed by atoms with Crippen molar-refractivity contribution >= 4 is 5.82 Å². The first-order valence-electron chi connectivity index (χ1n) is 5.62. The fraction of sp³-hybridized carbons (Fsp3) is 0.583. The van der Waals surface area contributed by atoms with Crippen molar-refractivity contribution in [2.75, 3.05) is 11.9 Å².